The predicted molar refractivity (Wildman–Crippen MR) is 70.0 cm³/mol. The molecule has 2 aromatic rings. The van der Waals surface area contributed by atoms with Crippen LogP contribution in [0.2, 0.25) is 0 Å². The van der Waals surface area contributed by atoms with Gasteiger partial charge in [0.1, 0.15) is 0 Å². The number of pyridine rings is 1. The van der Waals surface area contributed by atoms with Crippen LogP contribution in [-0.2, 0) is 0 Å². The van der Waals surface area contributed by atoms with Crippen LogP contribution in [0.25, 0.3) is 5.65 Å². The normalized spacial score (nSPS) is 18.1. The Hall–Kier alpha value is -0.550. The van der Waals surface area contributed by atoms with Gasteiger partial charge in [-0.15, -0.1) is 0 Å². The summed E-state index contributed by atoms with van der Waals surface area (Å²) in [5.41, 5.74) is 0.927. The maximum absolute atomic E-state index is 4.63. The number of halogens is 1. The first kappa shape index (κ1) is 10.6. The molecule has 3 rings (SSSR count). The molecule has 0 saturated carbocycles. The first-order valence-electron chi connectivity index (χ1n) is 5.43. The molecule has 0 unspecified atom stereocenters. The topological polar surface area (TPSA) is 30.2 Å². The van der Waals surface area contributed by atoms with E-state index in [0.29, 0.717) is 5.92 Å². The van der Waals surface area contributed by atoms with E-state index in [1.807, 2.05) is 34.6 Å². The van der Waals surface area contributed by atoms with Crippen LogP contribution in [0.3, 0.4) is 0 Å². The van der Waals surface area contributed by atoms with Crippen molar-refractivity contribution < 1.29 is 0 Å². The second-order valence-electron chi connectivity index (χ2n) is 3.98. The molecule has 1 aliphatic heterocycles. The highest BCUT2D eigenvalue weighted by molar-refractivity contribution is 9.10. The molecule has 3 heterocycles. The molecule has 0 spiro atoms. The van der Waals surface area contributed by atoms with Crippen LogP contribution in [0.4, 0.5) is 0 Å². The number of thioether (sulfide) groups is 1. The summed E-state index contributed by atoms with van der Waals surface area (Å²) in [6.07, 6.45) is 4.37. The number of hydrogen-bond acceptors (Lipinski definition) is 3. The fraction of sp³-hybridized carbons (Fsp3) is 0.455. The molecule has 1 fully saturated rings. The van der Waals surface area contributed by atoms with Gasteiger partial charge in [-0.3, -0.25) is 0 Å². The maximum Gasteiger partial charge on any atom is 0.169 e. The van der Waals surface area contributed by atoms with Crippen molar-refractivity contribution in [1.82, 2.24) is 14.6 Å². The summed E-state index contributed by atoms with van der Waals surface area (Å²) in [7, 11) is 0. The van der Waals surface area contributed by atoms with Crippen LogP contribution < -0.4 is 0 Å². The molecule has 0 atom stereocenters. The number of hydrogen-bond donors (Lipinski definition) is 0. The van der Waals surface area contributed by atoms with E-state index < -0.39 is 0 Å². The molecule has 3 nitrogen and oxygen atoms in total. The van der Waals surface area contributed by atoms with Crippen LogP contribution in [0.5, 0.6) is 0 Å². The van der Waals surface area contributed by atoms with E-state index in [1.54, 1.807) is 0 Å². The van der Waals surface area contributed by atoms with E-state index in [0.717, 1.165) is 15.9 Å². The van der Waals surface area contributed by atoms with E-state index in [1.165, 1.54) is 24.3 Å². The molecular formula is C11H12BrN3S. The van der Waals surface area contributed by atoms with Crippen LogP contribution in [0.1, 0.15) is 24.6 Å². The van der Waals surface area contributed by atoms with E-state index >= 15 is 0 Å². The smallest absolute Gasteiger partial charge is 0.169 e. The minimum absolute atomic E-state index is 0.549. The zero-order valence-corrected chi connectivity index (χ0v) is 11.2. The minimum atomic E-state index is 0.549. The van der Waals surface area contributed by atoms with Crippen molar-refractivity contribution in [2.24, 2.45) is 0 Å². The van der Waals surface area contributed by atoms with Crippen molar-refractivity contribution >= 4 is 33.3 Å². The number of aromatic nitrogens is 3. The summed E-state index contributed by atoms with van der Waals surface area (Å²) in [4.78, 5) is 4.63. The van der Waals surface area contributed by atoms with Crippen molar-refractivity contribution in [3.8, 4) is 0 Å². The summed E-state index contributed by atoms with van der Waals surface area (Å²) >= 11 is 5.54. The lowest BCUT2D eigenvalue weighted by Gasteiger charge is -2.17. The van der Waals surface area contributed by atoms with Crippen molar-refractivity contribution in [2.45, 2.75) is 18.8 Å². The minimum Gasteiger partial charge on any atom is -0.220 e. The van der Waals surface area contributed by atoms with Gasteiger partial charge in [0.15, 0.2) is 11.5 Å². The second-order valence-corrected chi connectivity index (χ2v) is 6.06. The molecule has 1 aliphatic rings. The van der Waals surface area contributed by atoms with Crippen LogP contribution >= 0.6 is 27.7 Å². The van der Waals surface area contributed by atoms with Crippen molar-refractivity contribution in [3.05, 3.63) is 28.6 Å². The fourth-order valence-electron chi connectivity index (χ4n) is 2.02. The summed E-state index contributed by atoms with van der Waals surface area (Å²) in [5, 5.41) is 4.56. The zero-order valence-electron chi connectivity index (χ0n) is 8.77. The lowest BCUT2D eigenvalue weighted by Crippen LogP contribution is -2.09. The van der Waals surface area contributed by atoms with Gasteiger partial charge in [0, 0.05) is 12.1 Å². The lowest BCUT2D eigenvalue weighted by molar-refractivity contribution is 0.598. The Bertz CT molecular complexity index is 505. The average Bonchev–Trinajstić information content (AvgIpc) is 2.76. The maximum atomic E-state index is 4.63. The standard InChI is InChI=1S/C11H12BrN3S/c12-9-2-1-5-15-11(9)13-10(14-15)8-3-6-16-7-4-8/h1-2,5,8H,3-4,6-7H2. The Morgan fingerprint density at radius 3 is 2.94 bits per heavy atom. The van der Waals surface area contributed by atoms with Crippen LogP contribution in [-0.4, -0.2) is 26.1 Å². The third-order valence-corrected chi connectivity index (χ3v) is 4.59. The highest BCUT2D eigenvalue weighted by Gasteiger charge is 2.20. The molecular weight excluding hydrogens is 286 g/mol. The van der Waals surface area contributed by atoms with E-state index in [2.05, 4.69) is 26.0 Å². The first-order chi connectivity index (χ1) is 7.84. The number of nitrogens with zero attached hydrogens (tertiary/aromatic N) is 3. The van der Waals surface area contributed by atoms with Crippen molar-refractivity contribution in [2.75, 3.05) is 11.5 Å². The predicted octanol–water partition coefficient (Wildman–Crippen LogP) is 3.10. The van der Waals surface area contributed by atoms with Crippen LogP contribution in [0.15, 0.2) is 22.8 Å². The Labute approximate surface area is 107 Å². The van der Waals surface area contributed by atoms with Gasteiger partial charge >= 0.3 is 0 Å². The zero-order chi connectivity index (χ0) is 11.0. The van der Waals surface area contributed by atoms with Gasteiger partial charge < -0.3 is 0 Å². The molecule has 84 valence electrons. The third kappa shape index (κ3) is 1.86. The summed E-state index contributed by atoms with van der Waals surface area (Å²) in [6.45, 7) is 0. The summed E-state index contributed by atoms with van der Waals surface area (Å²) < 4.78 is 2.88. The summed E-state index contributed by atoms with van der Waals surface area (Å²) in [5.74, 6) is 4.03. The van der Waals surface area contributed by atoms with Gasteiger partial charge in [0.05, 0.1) is 4.47 Å². The average molecular weight is 298 g/mol. The number of fused-ring (bicyclic) bond motifs is 1. The Morgan fingerprint density at radius 2 is 2.19 bits per heavy atom. The monoisotopic (exact) mass is 297 g/mol. The van der Waals surface area contributed by atoms with Gasteiger partial charge in [0.25, 0.3) is 0 Å². The van der Waals surface area contributed by atoms with Crippen LogP contribution in [0, 0.1) is 0 Å². The van der Waals surface area contributed by atoms with E-state index in [-0.39, 0.29) is 0 Å². The van der Waals surface area contributed by atoms with E-state index in [4.69, 9.17) is 0 Å². The highest BCUT2D eigenvalue weighted by atomic mass is 79.9. The SMILES string of the molecule is Brc1cccn2nc(C3CCSCC3)nc12. The lowest BCUT2D eigenvalue weighted by atomic mass is 10.0. The Balaban J connectivity index is 2.01. The molecule has 2 aromatic heterocycles. The molecule has 0 amide bonds. The summed E-state index contributed by atoms with van der Waals surface area (Å²) in [6, 6.07) is 3.98. The van der Waals surface area contributed by atoms with Crippen molar-refractivity contribution in [3.63, 3.8) is 0 Å². The van der Waals surface area contributed by atoms with Gasteiger partial charge in [-0.05, 0) is 52.4 Å². The fourth-order valence-corrected chi connectivity index (χ4v) is 3.55. The van der Waals surface area contributed by atoms with Crippen molar-refractivity contribution in [1.29, 1.82) is 0 Å². The first-order valence-corrected chi connectivity index (χ1v) is 7.38. The Kier molecular flexibility index (Phi) is 2.90. The van der Waals surface area contributed by atoms with Gasteiger partial charge in [-0.25, -0.2) is 9.50 Å². The quantitative estimate of drug-likeness (QED) is 0.810. The molecule has 1 saturated heterocycles. The molecule has 5 heteroatoms. The van der Waals surface area contributed by atoms with Gasteiger partial charge in [0.2, 0.25) is 0 Å². The second kappa shape index (κ2) is 4.37. The largest absolute Gasteiger partial charge is 0.220 e. The molecule has 0 aliphatic carbocycles. The molecule has 16 heavy (non-hydrogen) atoms. The Morgan fingerprint density at radius 1 is 1.38 bits per heavy atom. The molecule has 0 bridgehead atoms. The molecule has 0 N–H and O–H groups in total. The third-order valence-electron chi connectivity index (χ3n) is 2.92. The van der Waals surface area contributed by atoms with E-state index in [9.17, 15) is 0 Å². The highest BCUT2D eigenvalue weighted by Crippen LogP contribution is 2.30. The molecule has 0 aromatic carbocycles. The number of rotatable bonds is 1. The van der Waals surface area contributed by atoms with Gasteiger partial charge in [-0.2, -0.15) is 16.9 Å². The van der Waals surface area contributed by atoms with Gasteiger partial charge in [-0.1, -0.05) is 0 Å². The molecule has 0 radical (unpaired) electrons.